The molecule has 1 amide bonds. The van der Waals surface area contributed by atoms with E-state index in [1.165, 1.54) is 32.1 Å². The van der Waals surface area contributed by atoms with Gasteiger partial charge in [0.15, 0.2) is 0 Å². The second kappa shape index (κ2) is 7.88. The Hall–Kier alpha value is -1.46. The van der Waals surface area contributed by atoms with Gasteiger partial charge in [0, 0.05) is 43.5 Å². The number of aliphatic hydroxyl groups is 1. The lowest BCUT2D eigenvalue weighted by Crippen LogP contribution is -2.56. The Morgan fingerprint density at radius 2 is 2.13 bits per heavy atom. The van der Waals surface area contributed by atoms with Gasteiger partial charge in [-0.05, 0) is 37.9 Å². The molecule has 2 aliphatic rings. The lowest BCUT2D eigenvalue weighted by Gasteiger charge is -2.43. The van der Waals surface area contributed by atoms with Crippen molar-refractivity contribution in [1.82, 2.24) is 15.2 Å². The van der Waals surface area contributed by atoms with Crippen molar-refractivity contribution in [2.24, 2.45) is 5.92 Å². The molecule has 0 spiro atoms. The molecular formula is C18H27N3O2. The van der Waals surface area contributed by atoms with Crippen molar-refractivity contribution in [2.45, 2.75) is 50.6 Å². The highest BCUT2D eigenvalue weighted by Crippen LogP contribution is 2.27. The maximum atomic E-state index is 12.4. The molecule has 3 rings (SSSR count). The number of pyridine rings is 1. The van der Waals surface area contributed by atoms with Gasteiger partial charge < -0.3 is 10.4 Å². The molecule has 2 fully saturated rings. The van der Waals surface area contributed by atoms with Crippen LogP contribution in [0.1, 0.15) is 48.9 Å². The summed E-state index contributed by atoms with van der Waals surface area (Å²) < 4.78 is 0. The molecule has 1 aromatic rings. The molecule has 1 aliphatic carbocycles. The first-order valence-electron chi connectivity index (χ1n) is 8.83. The molecule has 0 radical (unpaired) electrons. The summed E-state index contributed by atoms with van der Waals surface area (Å²) in [5.74, 6) is 0.0579. The van der Waals surface area contributed by atoms with Gasteiger partial charge in [0.05, 0.1) is 5.56 Å². The van der Waals surface area contributed by atoms with E-state index in [2.05, 4.69) is 15.2 Å². The zero-order valence-corrected chi connectivity index (χ0v) is 13.7. The molecule has 0 aromatic carbocycles. The maximum Gasteiger partial charge on any atom is 0.253 e. The Labute approximate surface area is 138 Å². The smallest absolute Gasteiger partial charge is 0.253 e. The van der Waals surface area contributed by atoms with Crippen LogP contribution in [-0.4, -0.2) is 52.7 Å². The van der Waals surface area contributed by atoms with E-state index in [0.29, 0.717) is 11.6 Å². The highest BCUT2D eigenvalue weighted by atomic mass is 16.3. The van der Waals surface area contributed by atoms with Crippen molar-refractivity contribution in [2.75, 3.05) is 19.7 Å². The van der Waals surface area contributed by atoms with E-state index >= 15 is 0 Å². The summed E-state index contributed by atoms with van der Waals surface area (Å²) in [5.41, 5.74) is 0.582. The van der Waals surface area contributed by atoms with Crippen LogP contribution in [0.5, 0.6) is 0 Å². The van der Waals surface area contributed by atoms with Crippen molar-refractivity contribution in [3.05, 3.63) is 30.1 Å². The Kier molecular flexibility index (Phi) is 5.62. The third-order valence-corrected chi connectivity index (χ3v) is 5.35. The van der Waals surface area contributed by atoms with Crippen LogP contribution >= 0.6 is 0 Å². The van der Waals surface area contributed by atoms with Crippen molar-refractivity contribution in [3.8, 4) is 0 Å². The minimum Gasteiger partial charge on any atom is -0.396 e. The van der Waals surface area contributed by atoms with Crippen molar-refractivity contribution in [3.63, 3.8) is 0 Å². The maximum absolute atomic E-state index is 12.4. The predicted molar refractivity (Wildman–Crippen MR) is 89.1 cm³/mol. The number of nitrogens with zero attached hydrogens (tertiary/aromatic N) is 2. The molecule has 0 unspecified atom stereocenters. The Morgan fingerprint density at radius 1 is 1.30 bits per heavy atom. The molecule has 23 heavy (non-hydrogen) atoms. The molecule has 5 nitrogen and oxygen atoms in total. The minimum atomic E-state index is -0.0907. The Bertz CT molecular complexity index is 502. The van der Waals surface area contributed by atoms with Crippen molar-refractivity contribution < 1.29 is 9.90 Å². The summed E-state index contributed by atoms with van der Waals surface area (Å²) in [6.45, 7) is 2.02. The van der Waals surface area contributed by atoms with Crippen LogP contribution in [0, 0.1) is 5.92 Å². The zero-order chi connectivity index (χ0) is 16.1. The summed E-state index contributed by atoms with van der Waals surface area (Å²) >= 11 is 0. The third-order valence-electron chi connectivity index (χ3n) is 5.35. The molecule has 2 heterocycles. The van der Waals surface area contributed by atoms with E-state index in [4.69, 9.17) is 0 Å². The molecule has 126 valence electrons. The van der Waals surface area contributed by atoms with E-state index in [9.17, 15) is 9.90 Å². The number of carbonyl (C=O) groups excluding carboxylic acids is 1. The molecule has 1 saturated heterocycles. The lowest BCUT2D eigenvalue weighted by molar-refractivity contribution is 0.0518. The second-order valence-electron chi connectivity index (χ2n) is 6.84. The largest absolute Gasteiger partial charge is 0.396 e. The molecule has 2 N–H and O–H groups in total. The molecular weight excluding hydrogens is 290 g/mol. The van der Waals surface area contributed by atoms with Gasteiger partial charge in [-0.1, -0.05) is 19.3 Å². The average molecular weight is 317 g/mol. The van der Waals surface area contributed by atoms with Crippen LogP contribution in [0.4, 0.5) is 0 Å². The van der Waals surface area contributed by atoms with Crippen molar-refractivity contribution in [1.29, 1.82) is 0 Å². The van der Waals surface area contributed by atoms with E-state index in [-0.39, 0.29) is 24.5 Å². The number of hydrogen-bond donors (Lipinski definition) is 2. The second-order valence-corrected chi connectivity index (χ2v) is 6.84. The van der Waals surface area contributed by atoms with E-state index in [1.807, 2.05) is 0 Å². The average Bonchev–Trinajstić information content (AvgIpc) is 2.63. The van der Waals surface area contributed by atoms with Gasteiger partial charge in [0.2, 0.25) is 0 Å². The molecule has 0 bridgehead atoms. The van der Waals surface area contributed by atoms with E-state index in [0.717, 1.165) is 19.5 Å². The fourth-order valence-corrected chi connectivity index (χ4v) is 3.93. The SMILES string of the molecule is O=C(N[C@@H]1CN(C2CCCCC2)CC[C@@H]1CO)c1cccnc1. The quantitative estimate of drug-likeness (QED) is 0.889. The molecule has 2 atom stereocenters. The summed E-state index contributed by atoms with van der Waals surface area (Å²) in [5, 5.41) is 12.8. The Balaban J connectivity index is 1.63. The normalized spacial score (nSPS) is 26.8. The number of aliphatic hydroxyl groups excluding tert-OH is 1. The highest BCUT2D eigenvalue weighted by molar-refractivity contribution is 5.94. The number of likely N-dealkylation sites (tertiary alicyclic amines) is 1. The Morgan fingerprint density at radius 3 is 2.83 bits per heavy atom. The number of aromatic nitrogens is 1. The first-order valence-corrected chi connectivity index (χ1v) is 8.83. The fourth-order valence-electron chi connectivity index (χ4n) is 3.93. The van der Waals surface area contributed by atoms with Crippen LogP contribution in [0.25, 0.3) is 0 Å². The number of rotatable bonds is 4. The summed E-state index contributed by atoms with van der Waals surface area (Å²) in [6.07, 6.45) is 10.7. The number of hydrogen-bond acceptors (Lipinski definition) is 4. The summed E-state index contributed by atoms with van der Waals surface area (Å²) in [6, 6.07) is 4.22. The number of amides is 1. The van der Waals surface area contributed by atoms with E-state index < -0.39 is 0 Å². The van der Waals surface area contributed by atoms with Gasteiger partial charge >= 0.3 is 0 Å². The summed E-state index contributed by atoms with van der Waals surface area (Å²) in [4.78, 5) is 18.9. The van der Waals surface area contributed by atoms with Crippen LogP contribution in [0.15, 0.2) is 24.5 Å². The standard InChI is InChI=1S/C18H27N3O2/c22-13-15-8-10-21(16-6-2-1-3-7-16)12-17(15)20-18(23)14-5-4-9-19-11-14/h4-5,9,11,15-17,22H,1-3,6-8,10,12-13H2,(H,20,23)/t15-,17-/m1/s1. The zero-order valence-electron chi connectivity index (χ0n) is 13.7. The van der Waals surface area contributed by atoms with Gasteiger partial charge in [-0.25, -0.2) is 0 Å². The van der Waals surface area contributed by atoms with Crippen molar-refractivity contribution >= 4 is 5.91 Å². The van der Waals surface area contributed by atoms with Gasteiger partial charge in [0.25, 0.3) is 5.91 Å². The first-order chi connectivity index (χ1) is 11.3. The monoisotopic (exact) mass is 317 g/mol. The van der Waals surface area contributed by atoms with E-state index in [1.54, 1.807) is 24.5 Å². The minimum absolute atomic E-state index is 0.0170. The first kappa shape index (κ1) is 16.4. The number of carbonyl (C=O) groups is 1. The molecule has 1 saturated carbocycles. The highest BCUT2D eigenvalue weighted by Gasteiger charge is 2.33. The van der Waals surface area contributed by atoms with Crippen LogP contribution in [0.2, 0.25) is 0 Å². The van der Waals surface area contributed by atoms with Gasteiger partial charge in [-0.3, -0.25) is 14.7 Å². The van der Waals surface area contributed by atoms with Gasteiger partial charge in [0.1, 0.15) is 0 Å². The predicted octanol–water partition coefficient (Wildman–Crippen LogP) is 1.83. The molecule has 5 heteroatoms. The van der Waals surface area contributed by atoms with Gasteiger partial charge in [-0.2, -0.15) is 0 Å². The lowest BCUT2D eigenvalue weighted by atomic mass is 9.87. The number of piperidine rings is 1. The number of nitrogens with one attached hydrogen (secondary N) is 1. The molecule has 1 aliphatic heterocycles. The topological polar surface area (TPSA) is 65.5 Å². The van der Waals surface area contributed by atoms with Crippen LogP contribution in [-0.2, 0) is 0 Å². The van der Waals surface area contributed by atoms with Crippen LogP contribution in [0.3, 0.4) is 0 Å². The third kappa shape index (κ3) is 4.09. The van der Waals surface area contributed by atoms with Gasteiger partial charge in [-0.15, -0.1) is 0 Å². The molecule has 1 aromatic heterocycles. The summed E-state index contributed by atoms with van der Waals surface area (Å²) in [7, 11) is 0. The fraction of sp³-hybridized carbons (Fsp3) is 0.667. The van der Waals surface area contributed by atoms with Crippen LogP contribution < -0.4 is 5.32 Å².